The minimum Gasteiger partial charge on any atom is -0.326 e. The number of hydrogen-bond acceptors (Lipinski definition) is 1. The Morgan fingerprint density at radius 2 is 1.73 bits per heavy atom. The van der Waals surface area contributed by atoms with Gasteiger partial charge in [-0.1, -0.05) is 37.7 Å². The summed E-state index contributed by atoms with van der Waals surface area (Å²) in [6, 6.07) is 9.22. The third-order valence-corrected chi connectivity index (χ3v) is 3.28. The largest absolute Gasteiger partial charge is 0.326 e. The minimum atomic E-state index is -1.02. The Balaban J connectivity index is 2.64. The first kappa shape index (κ1) is 12.0. The average molecular weight is 217 g/mol. The van der Waals surface area contributed by atoms with Gasteiger partial charge in [-0.3, -0.25) is 0 Å². The van der Waals surface area contributed by atoms with E-state index in [0.29, 0.717) is 6.54 Å². The molecule has 0 aliphatic carbocycles. The average Bonchev–Trinajstić information content (AvgIpc) is 2.17. The van der Waals surface area contributed by atoms with Crippen molar-refractivity contribution < 1.29 is 0 Å². The SMILES string of the molecule is C[Si](C)(C)CC#Cc1ccc(CN)cc1. The van der Waals surface area contributed by atoms with Gasteiger partial charge in [0.1, 0.15) is 0 Å². The fourth-order valence-corrected chi connectivity index (χ4v) is 1.75. The van der Waals surface area contributed by atoms with Gasteiger partial charge in [-0.25, -0.2) is 0 Å². The normalized spacial score (nSPS) is 10.7. The summed E-state index contributed by atoms with van der Waals surface area (Å²) in [6.07, 6.45) is 0. The Kier molecular flexibility index (Phi) is 4.13. The molecule has 1 aromatic rings. The van der Waals surface area contributed by atoms with Crippen LogP contribution in [-0.4, -0.2) is 8.07 Å². The zero-order chi connectivity index (χ0) is 11.3. The standard InChI is InChI=1S/C13H19NSi/c1-15(2,3)10-4-5-12-6-8-13(11-14)9-7-12/h6-9H,10-11,14H2,1-3H3. The van der Waals surface area contributed by atoms with Crippen molar-refractivity contribution in [3.63, 3.8) is 0 Å². The number of rotatable bonds is 2. The van der Waals surface area contributed by atoms with Crippen LogP contribution in [0.2, 0.25) is 25.7 Å². The van der Waals surface area contributed by atoms with Crippen LogP contribution in [0.4, 0.5) is 0 Å². The predicted octanol–water partition coefficient (Wildman–Crippen LogP) is 2.83. The van der Waals surface area contributed by atoms with Gasteiger partial charge in [0.2, 0.25) is 0 Å². The van der Waals surface area contributed by atoms with Gasteiger partial charge in [-0.05, 0) is 17.7 Å². The van der Waals surface area contributed by atoms with E-state index >= 15 is 0 Å². The molecule has 0 spiro atoms. The molecule has 0 heterocycles. The highest BCUT2D eigenvalue weighted by molar-refractivity contribution is 6.76. The Morgan fingerprint density at radius 1 is 1.13 bits per heavy atom. The van der Waals surface area contributed by atoms with Crippen LogP contribution in [0.25, 0.3) is 0 Å². The second-order valence-electron chi connectivity index (χ2n) is 4.94. The predicted molar refractivity (Wildman–Crippen MR) is 69.4 cm³/mol. The summed E-state index contributed by atoms with van der Waals surface area (Å²) in [5.74, 6) is 6.46. The second kappa shape index (κ2) is 5.15. The Morgan fingerprint density at radius 3 is 2.20 bits per heavy atom. The molecular weight excluding hydrogens is 198 g/mol. The van der Waals surface area contributed by atoms with Crippen LogP contribution in [0.5, 0.6) is 0 Å². The molecule has 0 radical (unpaired) electrons. The van der Waals surface area contributed by atoms with Gasteiger partial charge in [0.15, 0.2) is 0 Å². The van der Waals surface area contributed by atoms with Crippen LogP contribution in [0.1, 0.15) is 11.1 Å². The molecule has 1 aromatic carbocycles. The maximum Gasteiger partial charge on any atom is 0.0573 e. The molecule has 2 heteroatoms. The third-order valence-electron chi connectivity index (χ3n) is 2.04. The molecule has 0 atom stereocenters. The highest BCUT2D eigenvalue weighted by Crippen LogP contribution is 2.07. The van der Waals surface area contributed by atoms with E-state index in [0.717, 1.165) is 17.2 Å². The lowest BCUT2D eigenvalue weighted by atomic mass is 10.1. The fraction of sp³-hybridized carbons (Fsp3) is 0.385. The van der Waals surface area contributed by atoms with Crippen molar-refractivity contribution in [2.45, 2.75) is 32.2 Å². The Bertz CT molecular complexity index is 362. The molecule has 0 fully saturated rings. The van der Waals surface area contributed by atoms with Gasteiger partial charge < -0.3 is 5.73 Å². The number of benzene rings is 1. The minimum absolute atomic E-state index is 0.600. The highest BCUT2D eigenvalue weighted by atomic mass is 28.3. The van der Waals surface area contributed by atoms with Crippen LogP contribution < -0.4 is 5.73 Å². The maximum absolute atomic E-state index is 5.53. The van der Waals surface area contributed by atoms with E-state index in [1.807, 2.05) is 24.3 Å². The summed E-state index contributed by atoms with van der Waals surface area (Å²) >= 11 is 0. The highest BCUT2D eigenvalue weighted by Gasteiger charge is 2.09. The van der Waals surface area contributed by atoms with Crippen molar-refractivity contribution in [1.29, 1.82) is 0 Å². The molecule has 2 N–H and O–H groups in total. The lowest BCUT2D eigenvalue weighted by molar-refractivity contribution is 1.07. The van der Waals surface area contributed by atoms with E-state index in [1.54, 1.807) is 0 Å². The van der Waals surface area contributed by atoms with E-state index in [-0.39, 0.29) is 0 Å². The maximum atomic E-state index is 5.53. The molecule has 1 rings (SSSR count). The molecule has 0 amide bonds. The van der Waals surface area contributed by atoms with E-state index in [9.17, 15) is 0 Å². The summed E-state index contributed by atoms with van der Waals surface area (Å²) < 4.78 is 0. The van der Waals surface area contributed by atoms with Crippen LogP contribution in [0, 0.1) is 11.8 Å². The van der Waals surface area contributed by atoms with E-state index in [4.69, 9.17) is 5.73 Å². The Labute approximate surface area is 93.7 Å². The van der Waals surface area contributed by atoms with Gasteiger partial charge >= 0.3 is 0 Å². The number of nitrogens with two attached hydrogens (primary N) is 1. The van der Waals surface area contributed by atoms with E-state index < -0.39 is 8.07 Å². The molecule has 80 valence electrons. The molecule has 1 nitrogen and oxygen atoms in total. The zero-order valence-electron chi connectivity index (χ0n) is 9.80. The summed E-state index contributed by atoms with van der Waals surface area (Å²) in [5, 5.41) is 0. The number of hydrogen-bond donors (Lipinski definition) is 1. The lowest BCUT2D eigenvalue weighted by Gasteiger charge is -2.09. The molecule has 0 aliphatic heterocycles. The van der Waals surface area contributed by atoms with Gasteiger partial charge in [0.05, 0.1) is 8.07 Å². The van der Waals surface area contributed by atoms with Crippen LogP contribution in [0.15, 0.2) is 24.3 Å². The zero-order valence-corrected chi connectivity index (χ0v) is 10.8. The van der Waals surface area contributed by atoms with Crippen molar-refractivity contribution in [2.24, 2.45) is 5.73 Å². The van der Waals surface area contributed by atoms with Gasteiger partial charge in [0.25, 0.3) is 0 Å². The summed E-state index contributed by atoms with van der Waals surface area (Å²) in [5.41, 5.74) is 7.77. The molecule has 0 saturated heterocycles. The van der Waals surface area contributed by atoms with Gasteiger partial charge in [-0.2, -0.15) is 0 Å². The molecule has 0 bridgehead atoms. The van der Waals surface area contributed by atoms with Crippen LogP contribution in [0.3, 0.4) is 0 Å². The monoisotopic (exact) mass is 217 g/mol. The quantitative estimate of drug-likeness (QED) is 0.598. The third kappa shape index (κ3) is 4.82. The van der Waals surface area contributed by atoms with Crippen molar-refractivity contribution in [2.75, 3.05) is 0 Å². The van der Waals surface area contributed by atoms with Crippen LogP contribution in [-0.2, 0) is 6.54 Å². The van der Waals surface area contributed by atoms with Gasteiger partial charge in [0, 0.05) is 18.2 Å². The summed E-state index contributed by atoms with van der Waals surface area (Å²) in [4.78, 5) is 0. The fourth-order valence-electron chi connectivity index (χ4n) is 1.14. The summed E-state index contributed by atoms with van der Waals surface area (Å²) in [7, 11) is -1.02. The first-order valence-corrected chi connectivity index (χ1v) is 9.00. The molecule has 0 aromatic heterocycles. The molecule has 15 heavy (non-hydrogen) atoms. The summed E-state index contributed by atoms with van der Waals surface area (Å²) in [6.45, 7) is 7.60. The molecule has 0 unspecified atom stereocenters. The second-order valence-corrected chi connectivity index (χ2v) is 10.4. The molecule has 0 aliphatic rings. The molecule has 0 saturated carbocycles. The first-order valence-electron chi connectivity index (χ1n) is 5.29. The van der Waals surface area contributed by atoms with Crippen molar-refractivity contribution in [3.05, 3.63) is 35.4 Å². The van der Waals surface area contributed by atoms with Crippen molar-refractivity contribution in [1.82, 2.24) is 0 Å². The van der Waals surface area contributed by atoms with E-state index in [2.05, 4.69) is 31.5 Å². The lowest BCUT2D eigenvalue weighted by Crippen LogP contribution is -2.17. The van der Waals surface area contributed by atoms with Crippen molar-refractivity contribution >= 4 is 8.07 Å². The Hall–Kier alpha value is -1.04. The first-order chi connectivity index (χ1) is 7.01. The topological polar surface area (TPSA) is 26.0 Å². The smallest absolute Gasteiger partial charge is 0.0573 e. The van der Waals surface area contributed by atoms with Crippen molar-refractivity contribution in [3.8, 4) is 11.8 Å². The van der Waals surface area contributed by atoms with E-state index in [1.165, 1.54) is 0 Å². The van der Waals surface area contributed by atoms with Gasteiger partial charge in [-0.15, -0.1) is 5.92 Å². The van der Waals surface area contributed by atoms with Crippen LogP contribution >= 0.6 is 0 Å². The molecular formula is C13H19NSi.